The Morgan fingerprint density at radius 2 is 1.93 bits per heavy atom. The second-order valence-corrected chi connectivity index (χ2v) is 8.38. The lowest BCUT2D eigenvalue weighted by atomic mass is 10.2. The zero-order valence-electron chi connectivity index (χ0n) is 16.8. The first kappa shape index (κ1) is 20.1. The van der Waals surface area contributed by atoms with E-state index in [1.165, 1.54) is 0 Å². The van der Waals surface area contributed by atoms with Gasteiger partial charge in [0, 0.05) is 64.7 Å². The van der Waals surface area contributed by atoms with Crippen LogP contribution in [0.4, 0.5) is 0 Å². The van der Waals surface area contributed by atoms with Crippen molar-refractivity contribution < 1.29 is 4.79 Å². The molecule has 1 aromatic rings. The molecule has 1 N–H and O–H groups in total. The minimum Gasteiger partial charge on any atom is -0.356 e. The summed E-state index contributed by atoms with van der Waals surface area (Å²) in [4.78, 5) is 28.2. The van der Waals surface area contributed by atoms with Crippen molar-refractivity contribution >= 4 is 23.2 Å². The minimum absolute atomic E-state index is 0.0203. The second-order valence-electron chi connectivity index (χ2n) is 7.31. The Bertz CT molecular complexity index is 646. The average Bonchev–Trinajstić information content (AvgIpc) is 3.36. The van der Waals surface area contributed by atoms with E-state index in [-0.39, 0.29) is 6.04 Å². The van der Waals surface area contributed by atoms with Crippen LogP contribution < -0.4 is 5.32 Å². The van der Waals surface area contributed by atoms with E-state index in [0.29, 0.717) is 5.91 Å². The van der Waals surface area contributed by atoms with Crippen LogP contribution in [0.25, 0.3) is 0 Å². The van der Waals surface area contributed by atoms with Gasteiger partial charge in [-0.2, -0.15) is 0 Å². The Balaban J connectivity index is 1.43. The lowest BCUT2D eigenvalue weighted by molar-refractivity contribution is -0.135. The molecule has 8 heteroatoms. The number of carbonyl (C=O) groups is 1. The first-order valence-electron chi connectivity index (χ1n) is 9.98. The highest BCUT2D eigenvalue weighted by atomic mass is 32.1. The molecule has 3 heterocycles. The number of hydrogen-bond donors (Lipinski definition) is 1. The molecule has 1 amide bonds. The van der Waals surface area contributed by atoms with E-state index in [1.54, 1.807) is 11.3 Å². The molecule has 2 aliphatic rings. The Morgan fingerprint density at radius 3 is 2.52 bits per heavy atom. The highest BCUT2D eigenvalue weighted by Crippen LogP contribution is 2.14. The Labute approximate surface area is 166 Å². The summed E-state index contributed by atoms with van der Waals surface area (Å²) in [6.45, 7) is 10.4. The number of thiazole rings is 1. The lowest BCUT2D eigenvalue weighted by Crippen LogP contribution is -2.57. The maximum Gasteiger partial charge on any atom is 0.239 e. The van der Waals surface area contributed by atoms with Gasteiger partial charge in [0.1, 0.15) is 0 Å². The van der Waals surface area contributed by atoms with Gasteiger partial charge in [0.25, 0.3) is 0 Å². The molecule has 0 saturated carbocycles. The molecule has 0 aromatic carbocycles. The molecule has 0 radical (unpaired) electrons. The van der Waals surface area contributed by atoms with Crippen molar-refractivity contribution in [2.45, 2.75) is 39.2 Å². The standard InChI is InChI=1S/C19H32N6OS/c1-15(18(26)24-8-4-5-9-24)23-10-12-25(13-11-23)19(20-3)21-7-6-17-14-27-16(2)22-17/h14-15H,4-13H2,1-3H3,(H,20,21). The molecule has 1 aromatic heterocycles. The van der Waals surface area contributed by atoms with E-state index < -0.39 is 0 Å². The number of nitrogens with zero attached hydrogens (tertiary/aromatic N) is 5. The third-order valence-electron chi connectivity index (χ3n) is 5.48. The molecular weight excluding hydrogens is 360 g/mol. The molecule has 7 nitrogen and oxygen atoms in total. The first-order chi connectivity index (χ1) is 13.1. The number of hydrogen-bond acceptors (Lipinski definition) is 5. The summed E-state index contributed by atoms with van der Waals surface area (Å²) >= 11 is 1.70. The molecule has 2 aliphatic heterocycles. The fourth-order valence-electron chi connectivity index (χ4n) is 3.84. The number of carbonyl (C=O) groups excluding carboxylic acids is 1. The van der Waals surface area contributed by atoms with Crippen LogP contribution >= 0.6 is 11.3 Å². The molecule has 0 bridgehead atoms. The highest BCUT2D eigenvalue weighted by molar-refractivity contribution is 7.09. The summed E-state index contributed by atoms with van der Waals surface area (Å²) in [7, 11) is 1.83. The van der Waals surface area contributed by atoms with E-state index in [9.17, 15) is 4.79 Å². The van der Waals surface area contributed by atoms with Crippen LogP contribution in [0.2, 0.25) is 0 Å². The fraction of sp³-hybridized carbons (Fsp3) is 0.737. The third-order valence-corrected chi connectivity index (χ3v) is 6.30. The quantitative estimate of drug-likeness (QED) is 0.603. The van der Waals surface area contributed by atoms with Gasteiger partial charge in [0.15, 0.2) is 5.96 Å². The van der Waals surface area contributed by atoms with Gasteiger partial charge in [-0.15, -0.1) is 11.3 Å². The van der Waals surface area contributed by atoms with Gasteiger partial charge in [0.2, 0.25) is 5.91 Å². The van der Waals surface area contributed by atoms with E-state index in [0.717, 1.165) is 81.7 Å². The number of likely N-dealkylation sites (tertiary alicyclic amines) is 1. The minimum atomic E-state index is -0.0203. The van der Waals surface area contributed by atoms with Crippen LogP contribution in [0.1, 0.15) is 30.5 Å². The molecule has 27 heavy (non-hydrogen) atoms. The van der Waals surface area contributed by atoms with E-state index in [4.69, 9.17) is 0 Å². The highest BCUT2D eigenvalue weighted by Gasteiger charge is 2.30. The normalized spacial score (nSPS) is 20.2. The van der Waals surface area contributed by atoms with Crippen LogP contribution in [-0.4, -0.2) is 90.5 Å². The first-order valence-corrected chi connectivity index (χ1v) is 10.9. The summed E-state index contributed by atoms with van der Waals surface area (Å²) in [6.07, 6.45) is 3.20. The number of guanidine groups is 1. The Morgan fingerprint density at radius 1 is 1.22 bits per heavy atom. The van der Waals surface area contributed by atoms with Gasteiger partial charge in [-0.05, 0) is 26.7 Å². The van der Waals surface area contributed by atoms with Crippen LogP contribution in [0.15, 0.2) is 10.4 Å². The average molecular weight is 393 g/mol. The van der Waals surface area contributed by atoms with E-state index in [2.05, 4.69) is 37.4 Å². The number of rotatable bonds is 5. The van der Waals surface area contributed by atoms with Crippen molar-refractivity contribution in [1.29, 1.82) is 0 Å². The predicted molar refractivity (Wildman–Crippen MR) is 110 cm³/mol. The second kappa shape index (κ2) is 9.50. The third kappa shape index (κ3) is 5.19. The number of aliphatic imine (C=N–C) groups is 1. The van der Waals surface area contributed by atoms with Crippen molar-refractivity contribution in [1.82, 2.24) is 25.0 Å². The van der Waals surface area contributed by atoms with E-state index >= 15 is 0 Å². The largest absolute Gasteiger partial charge is 0.356 e. The molecule has 0 aliphatic carbocycles. The van der Waals surface area contributed by atoms with Crippen LogP contribution in [0.5, 0.6) is 0 Å². The van der Waals surface area contributed by atoms with Gasteiger partial charge in [-0.1, -0.05) is 0 Å². The molecule has 0 spiro atoms. The molecule has 1 unspecified atom stereocenters. The molecule has 3 rings (SSSR count). The van der Waals surface area contributed by atoms with Crippen LogP contribution in [0, 0.1) is 6.92 Å². The van der Waals surface area contributed by atoms with Gasteiger partial charge in [0.05, 0.1) is 16.7 Å². The topological polar surface area (TPSA) is 64.1 Å². The monoisotopic (exact) mass is 392 g/mol. The van der Waals surface area contributed by atoms with Crippen molar-refractivity contribution in [2.75, 3.05) is 52.9 Å². The number of aryl methyl sites for hydroxylation is 1. The van der Waals surface area contributed by atoms with Gasteiger partial charge in [-0.3, -0.25) is 14.7 Å². The number of amides is 1. The van der Waals surface area contributed by atoms with Crippen LogP contribution in [-0.2, 0) is 11.2 Å². The summed E-state index contributed by atoms with van der Waals surface area (Å²) < 4.78 is 0. The molecular formula is C19H32N6OS. The van der Waals surface area contributed by atoms with Crippen molar-refractivity contribution in [3.63, 3.8) is 0 Å². The Hall–Kier alpha value is -1.67. The molecule has 150 valence electrons. The van der Waals surface area contributed by atoms with Gasteiger partial charge < -0.3 is 15.1 Å². The maximum absolute atomic E-state index is 12.6. The summed E-state index contributed by atoms with van der Waals surface area (Å²) in [6, 6.07) is -0.0203. The number of nitrogens with one attached hydrogen (secondary N) is 1. The smallest absolute Gasteiger partial charge is 0.239 e. The molecule has 2 fully saturated rings. The summed E-state index contributed by atoms with van der Waals surface area (Å²) in [5.41, 5.74) is 1.14. The maximum atomic E-state index is 12.6. The van der Waals surface area contributed by atoms with Crippen molar-refractivity contribution in [2.24, 2.45) is 4.99 Å². The van der Waals surface area contributed by atoms with Crippen molar-refractivity contribution in [3.05, 3.63) is 16.1 Å². The number of aromatic nitrogens is 1. The lowest BCUT2D eigenvalue weighted by Gasteiger charge is -2.39. The number of piperazine rings is 1. The molecule has 1 atom stereocenters. The summed E-state index contributed by atoms with van der Waals surface area (Å²) in [5.74, 6) is 1.24. The van der Waals surface area contributed by atoms with Crippen LogP contribution in [0.3, 0.4) is 0 Å². The fourth-order valence-corrected chi connectivity index (χ4v) is 4.48. The van der Waals surface area contributed by atoms with Gasteiger partial charge >= 0.3 is 0 Å². The van der Waals surface area contributed by atoms with Crippen molar-refractivity contribution in [3.8, 4) is 0 Å². The van der Waals surface area contributed by atoms with Gasteiger partial charge in [-0.25, -0.2) is 4.98 Å². The SMILES string of the molecule is CN=C(NCCc1csc(C)n1)N1CCN(C(C)C(=O)N2CCCC2)CC1. The Kier molecular flexibility index (Phi) is 7.07. The van der Waals surface area contributed by atoms with E-state index in [1.807, 2.05) is 18.9 Å². The zero-order chi connectivity index (χ0) is 19.2. The molecule has 2 saturated heterocycles. The summed E-state index contributed by atoms with van der Waals surface area (Å²) in [5, 5.41) is 6.69. The zero-order valence-corrected chi connectivity index (χ0v) is 17.6. The predicted octanol–water partition coefficient (Wildman–Crippen LogP) is 1.20.